The fourth-order valence-electron chi connectivity index (χ4n) is 3.35. The van der Waals surface area contributed by atoms with E-state index < -0.39 is 79.9 Å². The van der Waals surface area contributed by atoms with Crippen LogP contribution in [0.1, 0.15) is 0 Å². The van der Waals surface area contributed by atoms with Gasteiger partial charge >= 0.3 is 121 Å². The van der Waals surface area contributed by atoms with Gasteiger partial charge in [0.05, 0.1) is 40.6 Å². The van der Waals surface area contributed by atoms with Crippen molar-refractivity contribution in [2.45, 2.75) is 9.79 Å². The minimum atomic E-state index is -5.37. The van der Waals surface area contributed by atoms with Crippen molar-refractivity contribution in [1.29, 1.82) is 0 Å². The van der Waals surface area contributed by atoms with Crippen molar-refractivity contribution < 1.29 is 172 Å². The number of fused-ring (bicyclic) bond motifs is 1. The number of azo groups is 1. The van der Waals surface area contributed by atoms with Gasteiger partial charge in [0.25, 0.3) is 0 Å². The van der Waals surface area contributed by atoms with Crippen molar-refractivity contribution >= 4 is 68.5 Å². The molecule has 0 atom stereocenters. The number of sulfonamides is 1. The Morgan fingerprint density at radius 2 is 1.45 bits per heavy atom. The van der Waals surface area contributed by atoms with Gasteiger partial charge in [0.2, 0.25) is 10.0 Å². The van der Waals surface area contributed by atoms with Gasteiger partial charge in [0, 0.05) is 7.05 Å². The van der Waals surface area contributed by atoms with E-state index in [1.54, 1.807) is 0 Å². The molecule has 24 heteroatoms. The van der Waals surface area contributed by atoms with E-state index in [4.69, 9.17) is 9.29 Å². The van der Waals surface area contributed by atoms with Gasteiger partial charge in [0.15, 0.2) is 0 Å². The number of hydrogen-bond donors (Lipinski definition) is 1. The van der Waals surface area contributed by atoms with Crippen LogP contribution in [0.4, 0.5) is 17.1 Å². The molecule has 0 saturated heterocycles. The molecule has 0 aromatic heterocycles. The minimum absolute atomic E-state index is 0. The van der Waals surface area contributed by atoms with E-state index in [2.05, 4.69) is 14.4 Å². The van der Waals surface area contributed by atoms with Gasteiger partial charge in [-0.1, -0.05) is 11.8 Å². The number of nitrogens with zero attached hydrogens (tertiary/aromatic N) is 3. The van der Waals surface area contributed by atoms with E-state index in [1.165, 1.54) is 13.2 Å². The van der Waals surface area contributed by atoms with Crippen LogP contribution in [0.3, 0.4) is 0 Å². The van der Waals surface area contributed by atoms with Gasteiger partial charge in [-0.2, -0.15) is 8.42 Å². The molecule has 3 aromatic rings. The SMILES string of the molecule is COc1ccc(N=Nc2c(S(=O)(=O)[O-])cc3ccc(N(C)S(=O)(=O)CCOS(=O)(=O)O)cc3c2[O-])c(S(=O)(=O)[O-])c1.[K+].[Na+].[Na+]. The Balaban J connectivity index is 0.00000616. The van der Waals surface area contributed by atoms with Crippen LogP contribution in [0.5, 0.6) is 11.5 Å². The number of rotatable bonds is 11. The summed E-state index contributed by atoms with van der Waals surface area (Å²) in [5.74, 6) is -2.18. The summed E-state index contributed by atoms with van der Waals surface area (Å²) < 4.78 is 135. The van der Waals surface area contributed by atoms with E-state index in [9.17, 15) is 47.9 Å². The zero-order valence-electron chi connectivity index (χ0n) is 23.7. The second kappa shape index (κ2) is 17.0. The molecule has 0 heterocycles. The van der Waals surface area contributed by atoms with Gasteiger partial charge in [-0.05, 0) is 47.2 Å². The Morgan fingerprint density at radius 3 is 1.98 bits per heavy atom. The van der Waals surface area contributed by atoms with Crippen molar-refractivity contribution in [3.63, 3.8) is 0 Å². The molecule has 224 valence electrons. The number of methoxy groups -OCH3 is 1. The van der Waals surface area contributed by atoms with Gasteiger partial charge in [-0.15, -0.1) is 10.2 Å². The van der Waals surface area contributed by atoms with E-state index >= 15 is 0 Å². The topological polar surface area (TPSA) is 272 Å². The molecule has 0 unspecified atom stereocenters. The van der Waals surface area contributed by atoms with Crippen LogP contribution in [-0.2, 0) is 44.8 Å². The van der Waals surface area contributed by atoms with Crippen molar-refractivity contribution in [1.82, 2.24) is 0 Å². The van der Waals surface area contributed by atoms with Crippen LogP contribution in [0.25, 0.3) is 10.8 Å². The Bertz CT molecular complexity index is 1990. The fraction of sp³-hybridized carbons (Fsp3) is 0.200. The summed E-state index contributed by atoms with van der Waals surface area (Å²) in [5.41, 5.74) is -1.83. The fourth-order valence-corrected chi connectivity index (χ4v) is 6.02. The summed E-state index contributed by atoms with van der Waals surface area (Å²) in [6.45, 7) is -0.937. The van der Waals surface area contributed by atoms with Crippen LogP contribution < -0.4 is 125 Å². The maximum absolute atomic E-state index is 13.3. The molecule has 3 rings (SSSR count). The summed E-state index contributed by atoms with van der Waals surface area (Å²) in [7, 11) is -17.5. The van der Waals surface area contributed by atoms with E-state index in [-0.39, 0.29) is 133 Å². The molecule has 0 spiro atoms. The van der Waals surface area contributed by atoms with Crippen molar-refractivity contribution in [2.24, 2.45) is 10.2 Å². The Hall–Kier alpha value is 0.196. The van der Waals surface area contributed by atoms with Crippen molar-refractivity contribution in [2.75, 3.05) is 30.8 Å². The van der Waals surface area contributed by atoms with Crippen LogP contribution in [0.15, 0.2) is 62.5 Å². The monoisotopic (exact) mass is 737 g/mol. The van der Waals surface area contributed by atoms with Crippen LogP contribution >= 0.6 is 0 Å². The largest absolute Gasteiger partial charge is 1.00 e. The smallest absolute Gasteiger partial charge is 0.871 e. The third-order valence-corrected chi connectivity index (χ3v) is 9.24. The van der Waals surface area contributed by atoms with Crippen LogP contribution in [0.2, 0.25) is 0 Å². The Morgan fingerprint density at radius 1 is 0.864 bits per heavy atom. The summed E-state index contributed by atoms with van der Waals surface area (Å²) in [6, 6.07) is 7.01. The molecular weight excluding hydrogens is 720 g/mol. The first kappa shape index (κ1) is 44.2. The molecule has 0 aliphatic heterocycles. The molecule has 0 aliphatic rings. The molecular formula is C20H18KN3Na2O14S4. The first-order valence-corrected chi connectivity index (χ1v) is 16.4. The molecule has 0 saturated carbocycles. The normalized spacial score (nSPS) is 12.2. The summed E-state index contributed by atoms with van der Waals surface area (Å²) >= 11 is 0. The quantitative estimate of drug-likeness (QED) is 0.109. The van der Waals surface area contributed by atoms with Gasteiger partial charge in [0.1, 0.15) is 31.7 Å². The molecule has 0 radical (unpaired) electrons. The minimum Gasteiger partial charge on any atom is -0.871 e. The second-order valence-corrected chi connectivity index (χ2v) is 13.8. The molecule has 0 amide bonds. The predicted octanol–water partition coefficient (Wildman–Crippen LogP) is -8.26. The van der Waals surface area contributed by atoms with Crippen LogP contribution in [-0.4, -0.2) is 73.8 Å². The van der Waals surface area contributed by atoms with E-state index in [0.29, 0.717) is 4.31 Å². The molecule has 0 fully saturated rings. The zero-order chi connectivity index (χ0) is 31.0. The molecule has 3 aromatic carbocycles. The van der Waals surface area contributed by atoms with Crippen molar-refractivity contribution in [3.05, 3.63) is 42.5 Å². The maximum Gasteiger partial charge on any atom is 1.00 e. The summed E-state index contributed by atoms with van der Waals surface area (Å²) in [6.07, 6.45) is 0. The molecule has 44 heavy (non-hydrogen) atoms. The molecule has 1 N–H and O–H groups in total. The zero-order valence-corrected chi connectivity index (χ0v) is 34.1. The van der Waals surface area contributed by atoms with Gasteiger partial charge in [-0.3, -0.25) is 8.86 Å². The number of hydrogen-bond acceptors (Lipinski definition) is 15. The molecule has 17 nitrogen and oxygen atoms in total. The average molecular weight is 738 g/mol. The van der Waals surface area contributed by atoms with Gasteiger partial charge < -0.3 is 18.9 Å². The summed E-state index contributed by atoms with van der Waals surface area (Å²) in [5, 5.41) is 19.8. The number of ether oxygens (including phenoxy) is 1. The van der Waals surface area contributed by atoms with Gasteiger partial charge in [-0.25, -0.2) is 29.4 Å². The average Bonchev–Trinajstić information content (AvgIpc) is 2.85. The third kappa shape index (κ3) is 11.4. The first-order valence-electron chi connectivity index (χ1n) is 10.6. The van der Waals surface area contributed by atoms with Crippen molar-refractivity contribution in [3.8, 4) is 11.5 Å². The van der Waals surface area contributed by atoms with Crippen LogP contribution in [0, 0.1) is 0 Å². The molecule has 0 bridgehead atoms. The molecule has 0 aliphatic carbocycles. The standard InChI is InChI=1S/C20H21N3O14S4.K.2Na/c1-23(38(25,26)8-7-37-41(33,34)35)13-4-3-12-9-18(40(30,31)32)19(20(24)15(12)10-13)22-21-16-6-5-14(36-2)11-17(16)39(27,28)29;;;/h3-6,9-11,24H,7-8H2,1-2H3,(H,27,28,29)(H,30,31,32)(H,33,34,35);;;/q;3*+1/p-3. The third-order valence-electron chi connectivity index (χ3n) is 5.33. The predicted molar refractivity (Wildman–Crippen MR) is 136 cm³/mol. The number of anilines is 1. The second-order valence-electron chi connectivity index (χ2n) is 7.93. The van der Waals surface area contributed by atoms with E-state index in [1.807, 2.05) is 0 Å². The summed E-state index contributed by atoms with van der Waals surface area (Å²) in [4.78, 5) is -2.05. The Labute approximate surface area is 339 Å². The maximum atomic E-state index is 13.3. The Kier molecular flexibility index (Phi) is 17.1. The number of benzene rings is 3. The van der Waals surface area contributed by atoms with E-state index in [0.717, 1.165) is 43.4 Å². The first-order chi connectivity index (χ1) is 18.7.